The quantitative estimate of drug-likeness (QED) is 0.594. The van der Waals surface area contributed by atoms with E-state index in [4.69, 9.17) is 4.74 Å². The number of carbonyl (C=O) groups is 4. The summed E-state index contributed by atoms with van der Waals surface area (Å²) < 4.78 is 4.71. The van der Waals surface area contributed by atoms with Crippen molar-refractivity contribution in [2.45, 2.75) is 51.4 Å². The smallest absolute Gasteiger partial charge is 0.331 e. The molecule has 2 rings (SSSR count). The number of ether oxygens (including phenoxy) is 1. The maximum absolute atomic E-state index is 12.1. The topological polar surface area (TPSA) is 118 Å². The highest BCUT2D eigenvalue weighted by molar-refractivity contribution is 6.08. The summed E-state index contributed by atoms with van der Waals surface area (Å²) in [5.74, 6) is -4.86. The lowest BCUT2D eigenvalue weighted by atomic mass is 9.84. The van der Waals surface area contributed by atoms with Crippen molar-refractivity contribution in [2.24, 2.45) is 10.8 Å². The number of esters is 2. The molecule has 0 aliphatic heterocycles. The number of carboxylic acids is 2. The highest BCUT2D eigenvalue weighted by Gasteiger charge is 2.55. The van der Waals surface area contributed by atoms with Crippen molar-refractivity contribution in [1.29, 1.82) is 0 Å². The minimum absolute atomic E-state index is 0.120. The maximum Gasteiger partial charge on any atom is 0.331 e. The van der Waals surface area contributed by atoms with Gasteiger partial charge in [0.05, 0.1) is 0 Å². The molecule has 2 aliphatic rings. The second kappa shape index (κ2) is 5.46. The van der Waals surface area contributed by atoms with Gasteiger partial charge in [0.25, 0.3) is 0 Å². The van der Waals surface area contributed by atoms with Crippen LogP contribution in [-0.2, 0) is 23.9 Å². The van der Waals surface area contributed by atoms with Gasteiger partial charge < -0.3 is 14.9 Å². The molecular formula is C14H18O7. The summed E-state index contributed by atoms with van der Waals surface area (Å²) in [6, 6.07) is 0. The van der Waals surface area contributed by atoms with E-state index >= 15 is 0 Å². The molecule has 7 heteroatoms. The molecular weight excluding hydrogens is 280 g/mol. The molecule has 2 fully saturated rings. The van der Waals surface area contributed by atoms with Crippen LogP contribution in [-0.4, -0.2) is 34.1 Å². The first kappa shape index (κ1) is 15.5. The van der Waals surface area contributed by atoms with E-state index in [1.54, 1.807) is 0 Å². The van der Waals surface area contributed by atoms with Gasteiger partial charge in [-0.2, -0.15) is 0 Å². The fourth-order valence-corrected chi connectivity index (χ4v) is 3.25. The molecule has 21 heavy (non-hydrogen) atoms. The van der Waals surface area contributed by atoms with Gasteiger partial charge in [-0.25, -0.2) is 0 Å². The van der Waals surface area contributed by atoms with E-state index in [0.29, 0.717) is 25.7 Å². The number of hydrogen-bond acceptors (Lipinski definition) is 5. The minimum atomic E-state index is -1.70. The van der Waals surface area contributed by atoms with E-state index in [1.807, 2.05) is 0 Å². The van der Waals surface area contributed by atoms with Crippen LogP contribution in [0.15, 0.2) is 0 Å². The number of hydrogen-bond donors (Lipinski definition) is 2. The Morgan fingerprint density at radius 1 is 0.667 bits per heavy atom. The normalized spacial score (nSPS) is 22.7. The Hall–Kier alpha value is -1.92. The van der Waals surface area contributed by atoms with E-state index in [0.717, 1.165) is 0 Å². The lowest BCUT2D eigenvalue weighted by molar-refractivity contribution is -0.181. The molecule has 0 heterocycles. The van der Waals surface area contributed by atoms with Gasteiger partial charge in [-0.15, -0.1) is 0 Å². The number of aliphatic carboxylic acids is 2. The SMILES string of the molecule is O=C(O)C1(C(=O)OC(=O)C2(C(=O)O)CCCC2)CCCC1. The number of carboxylic acid groups (broad SMARTS) is 2. The average molecular weight is 298 g/mol. The third-order valence-corrected chi connectivity index (χ3v) is 4.70. The minimum Gasteiger partial charge on any atom is -0.480 e. The van der Waals surface area contributed by atoms with E-state index in [2.05, 4.69) is 0 Å². The molecule has 7 nitrogen and oxygen atoms in total. The first-order valence-corrected chi connectivity index (χ1v) is 7.09. The summed E-state index contributed by atoms with van der Waals surface area (Å²) in [4.78, 5) is 47.0. The van der Waals surface area contributed by atoms with Crippen molar-refractivity contribution >= 4 is 23.9 Å². The molecule has 0 unspecified atom stereocenters. The molecule has 0 aromatic carbocycles. The highest BCUT2D eigenvalue weighted by atomic mass is 16.6. The average Bonchev–Trinajstić information content (AvgIpc) is 3.09. The van der Waals surface area contributed by atoms with E-state index in [1.165, 1.54) is 0 Å². The van der Waals surface area contributed by atoms with Gasteiger partial charge in [0, 0.05) is 0 Å². The fraction of sp³-hybridized carbons (Fsp3) is 0.714. The first-order chi connectivity index (χ1) is 9.85. The van der Waals surface area contributed by atoms with Crippen LogP contribution in [0.2, 0.25) is 0 Å². The van der Waals surface area contributed by atoms with Crippen molar-refractivity contribution in [3.63, 3.8) is 0 Å². The summed E-state index contributed by atoms with van der Waals surface area (Å²) in [5, 5.41) is 18.5. The summed E-state index contributed by atoms with van der Waals surface area (Å²) in [7, 11) is 0. The lowest BCUT2D eigenvalue weighted by Gasteiger charge is -2.25. The predicted octanol–water partition coefficient (Wildman–Crippen LogP) is 1.35. The zero-order valence-corrected chi connectivity index (χ0v) is 11.6. The molecule has 0 aromatic heterocycles. The first-order valence-electron chi connectivity index (χ1n) is 7.09. The van der Waals surface area contributed by atoms with Gasteiger partial charge in [0.15, 0.2) is 10.8 Å². The van der Waals surface area contributed by atoms with Crippen molar-refractivity contribution in [1.82, 2.24) is 0 Å². The molecule has 2 aliphatic carbocycles. The molecule has 2 saturated carbocycles. The van der Waals surface area contributed by atoms with Gasteiger partial charge in [0.1, 0.15) is 0 Å². The molecule has 116 valence electrons. The summed E-state index contributed by atoms with van der Waals surface area (Å²) >= 11 is 0. The van der Waals surface area contributed by atoms with Gasteiger partial charge in [-0.3, -0.25) is 19.2 Å². The van der Waals surface area contributed by atoms with Crippen LogP contribution in [0.1, 0.15) is 51.4 Å². The highest BCUT2D eigenvalue weighted by Crippen LogP contribution is 2.43. The molecule has 0 saturated heterocycles. The monoisotopic (exact) mass is 298 g/mol. The predicted molar refractivity (Wildman–Crippen MR) is 68.2 cm³/mol. The van der Waals surface area contributed by atoms with Gasteiger partial charge in [-0.1, -0.05) is 25.7 Å². The van der Waals surface area contributed by atoms with Crippen molar-refractivity contribution in [3.05, 3.63) is 0 Å². The molecule has 0 spiro atoms. The number of carbonyl (C=O) groups excluding carboxylic acids is 2. The Kier molecular flexibility index (Phi) is 4.02. The Balaban J connectivity index is 2.17. The van der Waals surface area contributed by atoms with Crippen LogP contribution in [0.5, 0.6) is 0 Å². The Labute approximate surface area is 121 Å². The molecule has 0 radical (unpaired) electrons. The van der Waals surface area contributed by atoms with E-state index in [-0.39, 0.29) is 25.7 Å². The van der Waals surface area contributed by atoms with Crippen LogP contribution in [0.25, 0.3) is 0 Å². The standard InChI is InChI=1S/C14H18O7/c15-9(16)13(5-1-2-6-13)11(19)21-12(20)14(10(17)18)7-3-4-8-14/h1-8H2,(H,15,16)(H,17,18). The largest absolute Gasteiger partial charge is 0.480 e. The zero-order valence-electron chi connectivity index (χ0n) is 11.6. The molecule has 0 aromatic rings. The Morgan fingerprint density at radius 3 is 1.19 bits per heavy atom. The zero-order chi connectivity index (χ0) is 15.7. The van der Waals surface area contributed by atoms with E-state index < -0.39 is 34.7 Å². The summed E-state index contributed by atoms with van der Waals surface area (Å²) in [6.07, 6.45) is 2.75. The van der Waals surface area contributed by atoms with Crippen LogP contribution in [0.3, 0.4) is 0 Å². The molecule has 0 atom stereocenters. The third kappa shape index (κ3) is 2.41. The second-order valence-corrected chi connectivity index (χ2v) is 5.87. The Morgan fingerprint density at radius 2 is 0.952 bits per heavy atom. The van der Waals surface area contributed by atoms with E-state index in [9.17, 15) is 29.4 Å². The lowest BCUT2D eigenvalue weighted by Crippen LogP contribution is -2.44. The summed E-state index contributed by atoms with van der Waals surface area (Å²) in [5.41, 5.74) is -3.40. The van der Waals surface area contributed by atoms with Gasteiger partial charge in [0.2, 0.25) is 0 Å². The molecule has 0 bridgehead atoms. The molecule has 0 amide bonds. The van der Waals surface area contributed by atoms with Crippen LogP contribution < -0.4 is 0 Å². The maximum atomic E-state index is 12.1. The third-order valence-electron chi connectivity index (χ3n) is 4.70. The summed E-state index contributed by atoms with van der Waals surface area (Å²) in [6.45, 7) is 0. The van der Waals surface area contributed by atoms with Gasteiger partial charge in [-0.05, 0) is 25.7 Å². The molecule has 2 N–H and O–H groups in total. The number of rotatable bonds is 4. The van der Waals surface area contributed by atoms with Crippen LogP contribution >= 0.6 is 0 Å². The van der Waals surface area contributed by atoms with Crippen LogP contribution in [0, 0.1) is 10.8 Å². The van der Waals surface area contributed by atoms with Crippen molar-refractivity contribution in [3.8, 4) is 0 Å². The second-order valence-electron chi connectivity index (χ2n) is 5.87. The van der Waals surface area contributed by atoms with Crippen molar-refractivity contribution in [2.75, 3.05) is 0 Å². The van der Waals surface area contributed by atoms with Crippen LogP contribution in [0.4, 0.5) is 0 Å². The van der Waals surface area contributed by atoms with Gasteiger partial charge >= 0.3 is 23.9 Å². The van der Waals surface area contributed by atoms with Crippen molar-refractivity contribution < 1.29 is 34.1 Å². The fourth-order valence-electron chi connectivity index (χ4n) is 3.25. The Bertz CT molecular complexity index is 438.